The summed E-state index contributed by atoms with van der Waals surface area (Å²) >= 11 is 0. The summed E-state index contributed by atoms with van der Waals surface area (Å²) in [6.45, 7) is 2.75. The molecule has 2 N–H and O–H groups in total. The molecule has 0 saturated carbocycles. The maximum absolute atomic E-state index is 13.0. The summed E-state index contributed by atoms with van der Waals surface area (Å²) in [5, 5.41) is 0. The van der Waals surface area contributed by atoms with Gasteiger partial charge in [0.05, 0.1) is 6.04 Å². The molecule has 1 fully saturated rings. The molecule has 1 aromatic carbocycles. The molecule has 0 aliphatic carbocycles. The molecule has 4 heteroatoms. The van der Waals surface area contributed by atoms with E-state index in [0.717, 1.165) is 24.8 Å². The average Bonchev–Trinajstić information content (AvgIpc) is 2.52. The second kappa shape index (κ2) is 6.15. The van der Waals surface area contributed by atoms with Gasteiger partial charge in [-0.3, -0.25) is 4.79 Å². The van der Waals surface area contributed by atoms with Gasteiger partial charge < -0.3 is 10.6 Å². The van der Waals surface area contributed by atoms with Crippen molar-refractivity contribution >= 4 is 5.91 Å². The summed E-state index contributed by atoms with van der Waals surface area (Å²) in [6.07, 6.45) is 3.12. The van der Waals surface area contributed by atoms with Crippen molar-refractivity contribution in [1.82, 2.24) is 4.90 Å². The Labute approximate surface area is 113 Å². The van der Waals surface area contributed by atoms with Crippen LogP contribution in [-0.4, -0.2) is 23.4 Å². The summed E-state index contributed by atoms with van der Waals surface area (Å²) in [6, 6.07) is 6.13. The fraction of sp³-hybridized carbons (Fsp3) is 0.533. The number of halogens is 1. The van der Waals surface area contributed by atoms with Gasteiger partial charge in [-0.1, -0.05) is 19.1 Å². The standard InChI is InChI=1S/C15H21FN2O/c1-2-10-18-14(19)5-3-4-13(17)15(18)11-6-8-12(16)9-7-11/h6-9,13,15H,2-5,10,17H2,1H3. The predicted molar refractivity (Wildman–Crippen MR) is 73.0 cm³/mol. The highest BCUT2D eigenvalue weighted by Gasteiger charge is 2.32. The highest BCUT2D eigenvalue weighted by Crippen LogP contribution is 2.30. The second-order valence-corrected chi connectivity index (χ2v) is 5.14. The normalized spacial score (nSPS) is 24.4. The Balaban J connectivity index is 2.34. The van der Waals surface area contributed by atoms with Gasteiger partial charge in [-0.25, -0.2) is 4.39 Å². The molecule has 1 aliphatic rings. The van der Waals surface area contributed by atoms with Crippen molar-refractivity contribution in [2.45, 2.75) is 44.7 Å². The van der Waals surface area contributed by atoms with Crippen LogP contribution in [0.3, 0.4) is 0 Å². The van der Waals surface area contributed by atoms with Crippen molar-refractivity contribution in [2.24, 2.45) is 5.73 Å². The summed E-state index contributed by atoms with van der Waals surface area (Å²) in [7, 11) is 0. The number of benzene rings is 1. The van der Waals surface area contributed by atoms with E-state index in [2.05, 4.69) is 0 Å². The molecule has 1 aliphatic heterocycles. The van der Waals surface area contributed by atoms with Crippen molar-refractivity contribution in [3.05, 3.63) is 35.6 Å². The van der Waals surface area contributed by atoms with Crippen LogP contribution in [0.15, 0.2) is 24.3 Å². The first-order valence-corrected chi connectivity index (χ1v) is 6.94. The molecule has 0 radical (unpaired) electrons. The highest BCUT2D eigenvalue weighted by molar-refractivity contribution is 5.77. The molecule has 1 aromatic rings. The van der Waals surface area contributed by atoms with E-state index in [9.17, 15) is 9.18 Å². The minimum Gasteiger partial charge on any atom is -0.334 e. The number of carbonyl (C=O) groups excluding carboxylic acids is 1. The van der Waals surface area contributed by atoms with Gasteiger partial charge in [0.2, 0.25) is 5.91 Å². The summed E-state index contributed by atoms with van der Waals surface area (Å²) < 4.78 is 13.0. The predicted octanol–water partition coefficient (Wildman–Crippen LogP) is 2.62. The van der Waals surface area contributed by atoms with Crippen LogP contribution in [0.1, 0.15) is 44.2 Å². The Morgan fingerprint density at radius 2 is 2.05 bits per heavy atom. The number of likely N-dealkylation sites (tertiary alicyclic amines) is 1. The Bertz CT molecular complexity index is 432. The van der Waals surface area contributed by atoms with Crippen LogP contribution < -0.4 is 5.73 Å². The third-order valence-corrected chi connectivity index (χ3v) is 3.67. The SMILES string of the molecule is CCCN1C(=O)CCCC(N)C1c1ccc(F)cc1. The number of nitrogens with two attached hydrogens (primary N) is 1. The Hall–Kier alpha value is -1.42. The summed E-state index contributed by atoms with van der Waals surface area (Å²) in [4.78, 5) is 14.1. The first-order valence-electron chi connectivity index (χ1n) is 6.94. The molecule has 2 rings (SSSR count). The van der Waals surface area contributed by atoms with Crippen LogP contribution in [-0.2, 0) is 4.79 Å². The van der Waals surface area contributed by atoms with Gasteiger partial charge >= 0.3 is 0 Å². The van der Waals surface area contributed by atoms with E-state index in [1.807, 2.05) is 11.8 Å². The van der Waals surface area contributed by atoms with Crippen molar-refractivity contribution in [1.29, 1.82) is 0 Å². The van der Waals surface area contributed by atoms with Gasteiger partial charge in [0.1, 0.15) is 5.82 Å². The van der Waals surface area contributed by atoms with E-state index in [1.165, 1.54) is 12.1 Å². The largest absolute Gasteiger partial charge is 0.334 e. The molecule has 1 heterocycles. The van der Waals surface area contributed by atoms with E-state index >= 15 is 0 Å². The first-order chi connectivity index (χ1) is 9.13. The molecular formula is C15H21FN2O. The number of hydrogen-bond donors (Lipinski definition) is 1. The smallest absolute Gasteiger partial charge is 0.223 e. The lowest BCUT2D eigenvalue weighted by Gasteiger charge is -2.33. The fourth-order valence-corrected chi connectivity index (χ4v) is 2.77. The molecular weight excluding hydrogens is 243 g/mol. The highest BCUT2D eigenvalue weighted by atomic mass is 19.1. The first kappa shape index (κ1) is 14.0. The third-order valence-electron chi connectivity index (χ3n) is 3.67. The number of amides is 1. The van der Waals surface area contributed by atoms with Crippen LogP contribution in [0.25, 0.3) is 0 Å². The zero-order valence-corrected chi connectivity index (χ0v) is 11.3. The van der Waals surface area contributed by atoms with Crippen molar-refractivity contribution < 1.29 is 9.18 Å². The summed E-state index contributed by atoms with van der Waals surface area (Å²) in [5.74, 6) is -0.108. The minimum absolute atomic E-state index is 0.0801. The van der Waals surface area contributed by atoms with Crippen LogP contribution in [0, 0.1) is 5.82 Å². The van der Waals surface area contributed by atoms with Crippen LogP contribution in [0.4, 0.5) is 4.39 Å². The minimum atomic E-state index is -0.265. The zero-order chi connectivity index (χ0) is 13.8. The van der Waals surface area contributed by atoms with Gasteiger partial charge in [-0.05, 0) is 37.0 Å². The van der Waals surface area contributed by atoms with E-state index in [0.29, 0.717) is 13.0 Å². The molecule has 2 unspecified atom stereocenters. The molecule has 0 aromatic heterocycles. The quantitative estimate of drug-likeness (QED) is 0.912. The average molecular weight is 264 g/mol. The van der Waals surface area contributed by atoms with E-state index in [4.69, 9.17) is 5.73 Å². The monoisotopic (exact) mass is 264 g/mol. The third kappa shape index (κ3) is 3.13. The maximum atomic E-state index is 13.0. The van der Waals surface area contributed by atoms with Gasteiger partial charge in [0.25, 0.3) is 0 Å². The Morgan fingerprint density at radius 3 is 2.68 bits per heavy atom. The topological polar surface area (TPSA) is 46.3 Å². The van der Waals surface area contributed by atoms with Crippen LogP contribution in [0.5, 0.6) is 0 Å². The summed E-state index contributed by atoms with van der Waals surface area (Å²) in [5.41, 5.74) is 7.17. The van der Waals surface area contributed by atoms with Crippen molar-refractivity contribution in [2.75, 3.05) is 6.54 Å². The lowest BCUT2D eigenvalue weighted by molar-refractivity contribution is -0.133. The molecule has 1 amide bonds. The van der Waals surface area contributed by atoms with Crippen molar-refractivity contribution in [3.8, 4) is 0 Å². The molecule has 19 heavy (non-hydrogen) atoms. The lowest BCUT2D eigenvalue weighted by atomic mass is 9.96. The molecule has 2 atom stereocenters. The number of nitrogens with zero attached hydrogens (tertiary/aromatic N) is 1. The van der Waals surface area contributed by atoms with Gasteiger partial charge in [-0.2, -0.15) is 0 Å². The second-order valence-electron chi connectivity index (χ2n) is 5.14. The van der Waals surface area contributed by atoms with E-state index in [1.54, 1.807) is 12.1 Å². The Kier molecular flexibility index (Phi) is 4.53. The van der Waals surface area contributed by atoms with Crippen LogP contribution in [0.2, 0.25) is 0 Å². The number of rotatable bonds is 3. The number of carbonyl (C=O) groups is 1. The van der Waals surface area contributed by atoms with E-state index < -0.39 is 0 Å². The van der Waals surface area contributed by atoms with Crippen LogP contribution >= 0.6 is 0 Å². The lowest BCUT2D eigenvalue weighted by Crippen LogP contribution is -2.42. The van der Waals surface area contributed by atoms with Gasteiger partial charge in [0, 0.05) is 19.0 Å². The molecule has 3 nitrogen and oxygen atoms in total. The molecule has 104 valence electrons. The zero-order valence-electron chi connectivity index (χ0n) is 11.3. The fourth-order valence-electron chi connectivity index (χ4n) is 2.77. The Morgan fingerprint density at radius 1 is 1.37 bits per heavy atom. The molecule has 0 bridgehead atoms. The molecule has 0 spiro atoms. The van der Waals surface area contributed by atoms with E-state index in [-0.39, 0.29) is 23.8 Å². The maximum Gasteiger partial charge on any atom is 0.223 e. The van der Waals surface area contributed by atoms with Gasteiger partial charge in [0.15, 0.2) is 0 Å². The molecule has 1 saturated heterocycles. The van der Waals surface area contributed by atoms with Crippen molar-refractivity contribution in [3.63, 3.8) is 0 Å². The van der Waals surface area contributed by atoms with Gasteiger partial charge in [-0.15, -0.1) is 0 Å². The number of hydrogen-bond acceptors (Lipinski definition) is 2.